The first kappa shape index (κ1) is 14.1. The van der Waals surface area contributed by atoms with Gasteiger partial charge in [-0.15, -0.1) is 0 Å². The van der Waals surface area contributed by atoms with Crippen molar-refractivity contribution in [1.29, 1.82) is 0 Å². The van der Waals surface area contributed by atoms with Gasteiger partial charge in [0, 0.05) is 6.04 Å². The van der Waals surface area contributed by atoms with Crippen molar-refractivity contribution in [2.24, 2.45) is 5.92 Å². The summed E-state index contributed by atoms with van der Waals surface area (Å²) in [7, 11) is 1.45. The molecule has 0 aromatic heterocycles. The van der Waals surface area contributed by atoms with E-state index in [9.17, 15) is 4.79 Å². The monoisotopic (exact) mass is 261 g/mol. The number of methoxy groups -OCH3 is 1. The van der Waals surface area contributed by atoms with Crippen LogP contribution in [-0.2, 0) is 22.4 Å². The second-order valence-electron chi connectivity index (χ2n) is 5.62. The van der Waals surface area contributed by atoms with Crippen LogP contribution < -0.4 is 5.32 Å². The average molecular weight is 261 g/mol. The lowest BCUT2D eigenvalue weighted by Crippen LogP contribution is -2.48. The fourth-order valence-electron chi connectivity index (χ4n) is 2.75. The van der Waals surface area contributed by atoms with Crippen molar-refractivity contribution in [1.82, 2.24) is 5.32 Å². The van der Waals surface area contributed by atoms with Crippen molar-refractivity contribution in [2.75, 3.05) is 7.11 Å². The molecule has 1 aromatic carbocycles. The Morgan fingerprint density at radius 1 is 1.32 bits per heavy atom. The van der Waals surface area contributed by atoms with Crippen molar-refractivity contribution in [3.63, 3.8) is 0 Å². The predicted molar refractivity (Wildman–Crippen MR) is 76.0 cm³/mol. The quantitative estimate of drug-likeness (QED) is 0.845. The number of fused-ring (bicyclic) bond motifs is 1. The molecule has 1 aromatic rings. The number of esters is 1. The Bertz CT molecular complexity index is 442. The maximum atomic E-state index is 11.8. The molecule has 0 heterocycles. The number of hydrogen-bond acceptors (Lipinski definition) is 3. The molecule has 0 saturated carbocycles. The highest BCUT2D eigenvalue weighted by molar-refractivity contribution is 5.76. The second kappa shape index (κ2) is 6.20. The van der Waals surface area contributed by atoms with Gasteiger partial charge in [0.25, 0.3) is 0 Å². The SMILES string of the molecule is COC(=O)[C@@H](NC1CCc2ccccc2C1)C(C)C. The van der Waals surface area contributed by atoms with Crippen LogP contribution in [0, 0.1) is 5.92 Å². The van der Waals surface area contributed by atoms with Gasteiger partial charge in [0.05, 0.1) is 7.11 Å². The van der Waals surface area contributed by atoms with Crippen LogP contribution in [0.5, 0.6) is 0 Å². The van der Waals surface area contributed by atoms with E-state index in [-0.39, 0.29) is 17.9 Å². The number of hydrogen-bond donors (Lipinski definition) is 1. The largest absolute Gasteiger partial charge is 0.468 e. The molecular formula is C16H23NO2. The molecule has 1 N–H and O–H groups in total. The van der Waals surface area contributed by atoms with Crippen LogP contribution in [0.4, 0.5) is 0 Å². The van der Waals surface area contributed by atoms with Crippen LogP contribution >= 0.6 is 0 Å². The van der Waals surface area contributed by atoms with E-state index >= 15 is 0 Å². The molecular weight excluding hydrogens is 238 g/mol. The molecule has 0 saturated heterocycles. The van der Waals surface area contributed by atoms with E-state index < -0.39 is 0 Å². The number of aryl methyl sites for hydroxylation is 1. The van der Waals surface area contributed by atoms with Gasteiger partial charge in [0.15, 0.2) is 0 Å². The van der Waals surface area contributed by atoms with Crippen molar-refractivity contribution in [3.8, 4) is 0 Å². The molecule has 0 bridgehead atoms. The molecule has 19 heavy (non-hydrogen) atoms. The van der Waals surface area contributed by atoms with Gasteiger partial charge in [0.2, 0.25) is 0 Å². The van der Waals surface area contributed by atoms with E-state index in [1.165, 1.54) is 18.2 Å². The van der Waals surface area contributed by atoms with Gasteiger partial charge < -0.3 is 10.1 Å². The third-order valence-electron chi connectivity index (χ3n) is 3.88. The summed E-state index contributed by atoms with van der Waals surface area (Å²) in [6.07, 6.45) is 3.16. The number of benzene rings is 1. The Balaban J connectivity index is 2.02. The molecule has 0 aliphatic heterocycles. The van der Waals surface area contributed by atoms with Gasteiger partial charge in [-0.3, -0.25) is 4.79 Å². The standard InChI is InChI=1S/C16H23NO2/c1-11(2)15(16(18)19-3)17-14-9-8-12-6-4-5-7-13(12)10-14/h4-7,11,14-15,17H,8-10H2,1-3H3/t14?,15-/m0/s1. The molecule has 3 heteroatoms. The Labute approximate surface area is 115 Å². The highest BCUT2D eigenvalue weighted by Crippen LogP contribution is 2.22. The Morgan fingerprint density at radius 2 is 2.00 bits per heavy atom. The lowest BCUT2D eigenvalue weighted by Gasteiger charge is -2.30. The van der Waals surface area contributed by atoms with Crippen LogP contribution in [0.15, 0.2) is 24.3 Å². The zero-order valence-corrected chi connectivity index (χ0v) is 12.0. The van der Waals surface area contributed by atoms with Crippen LogP contribution in [0.2, 0.25) is 0 Å². The van der Waals surface area contributed by atoms with Crippen LogP contribution in [0.1, 0.15) is 31.4 Å². The topological polar surface area (TPSA) is 38.3 Å². The summed E-state index contributed by atoms with van der Waals surface area (Å²) in [6, 6.07) is 8.72. The average Bonchev–Trinajstić information content (AvgIpc) is 2.43. The van der Waals surface area contributed by atoms with Gasteiger partial charge in [-0.25, -0.2) is 0 Å². The van der Waals surface area contributed by atoms with Gasteiger partial charge in [-0.2, -0.15) is 0 Å². The lowest BCUT2D eigenvalue weighted by molar-refractivity contribution is -0.144. The highest BCUT2D eigenvalue weighted by atomic mass is 16.5. The second-order valence-corrected chi connectivity index (χ2v) is 5.62. The summed E-state index contributed by atoms with van der Waals surface area (Å²) in [5.74, 6) is 0.0819. The minimum absolute atomic E-state index is 0.158. The highest BCUT2D eigenvalue weighted by Gasteiger charge is 2.27. The van der Waals surface area contributed by atoms with Crippen LogP contribution in [0.25, 0.3) is 0 Å². The lowest BCUT2D eigenvalue weighted by atomic mass is 9.87. The normalized spacial score (nSPS) is 19.9. The molecule has 0 spiro atoms. The molecule has 1 aliphatic carbocycles. The van der Waals surface area contributed by atoms with Gasteiger partial charge in [-0.05, 0) is 36.3 Å². The first-order valence-electron chi connectivity index (χ1n) is 7.02. The van der Waals surface area contributed by atoms with E-state index in [2.05, 4.69) is 29.6 Å². The minimum Gasteiger partial charge on any atom is -0.468 e. The summed E-state index contributed by atoms with van der Waals surface area (Å²) in [4.78, 5) is 11.8. The first-order chi connectivity index (χ1) is 9.11. The smallest absolute Gasteiger partial charge is 0.323 e. The third kappa shape index (κ3) is 3.35. The zero-order valence-electron chi connectivity index (χ0n) is 12.0. The Hall–Kier alpha value is -1.35. The van der Waals surface area contributed by atoms with Crippen LogP contribution in [-0.4, -0.2) is 25.2 Å². The fraction of sp³-hybridized carbons (Fsp3) is 0.562. The molecule has 2 atom stereocenters. The maximum absolute atomic E-state index is 11.8. The molecule has 0 fully saturated rings. The van der Waals surface area contributed by atoms with E-state index in [0.717, 1.165) is 19.3 Å². The zero-order chi connectivity index (χ0) is 13.8. The molecule has 3 nitrogen and oxygen atoms in total. The summed E-state index contributed by atoms with van der Waals surface area (Å²) in [5.41, 5.74) is 2.85. The number of carbonyl (C=O) groups is 1. The van der Waals surface area contributed by atoms with E-state index in [1.54, 1.807) is 0 Å². The molecule has 104 valence electrons. The van der Waals surface area contributed by atoms with Gasteiger partial charge in [-0.1, -0.05) is 38.1 Å². The van der Waals surface area contributed by atoms with Crippen molar-refractivity contribution < 1.29 is 9.53 Å². The number of carbonyl (C=O) groups excluding carboxylic acids is 1. The summed E-state index contributed by atoms with van der Waals surface area (Å²) in [6.45, 7) is 4.09. The predicted octanol–water partition coefficient (Wildman–Crippen LogP) is 2.33. The minimum atomic E-state index is -0.208. The third-order valence-corrected chi connectivity index (χ3v) is 3.88. The number of ether oxygens (including phenoxy) is 1. The van der Waals surface area contributed by atoms with Gasteiger partial charge in [0.1, 0.15) is 6.04 Å². The Kier molecular flexibility index (Phi) is 4.59. The number of rotatable bonds is 4. The molecule has 1 aliphatic rings. The maximum Gasteiger partial charge on any atom is 0.323 e. The van der Waals surface area contributed by atoms with E-state index in [0.29, 0.717) is 6.04 Å². The van der Waals surface area contributed by atoms with E-state index in [4.69, 9.17) is 4.74 Å². The molecule has 1 unspecified atom stereocenters. The Morgan fingerprint density at radius 3 is 2.63 bits per heavy atom. The van der Waals surface area contributed by atoms with Crippen LogP contribution in [0.3, 0.4) is 0 Å². The summed E-state index contributed by atoms with van der Waals surface area (Å²) < 4.78 is 4.88. The molecule has 0 radical (unpaired) electrons. The molecule has 2 rings (SSSR count). The number of nitrogens with one attached hydrogen (secondary N) is 1. The van der Waals surface area contributed by atoms with Gasteiger partial charge >= 0.3 is 5.97 Å². The summed E-state index contributed by atoms with van der Waals surface area (Å²) >= 11 is 0. The van der Waals surface area contributed by atoms with Crippen molar-refractivity contribution >= 4 is 5.97 Å². The van der Waals surface area contributed by atoms with Crippen molar-refractivity contribution in [3.05, 3.63) is 35.4 Å². The summed E-state index contributed by atoms with van der Waals surface area (Å²) in [5, 5.41) is 3.47. The first-order valence-corrected chi connectivity index (χ1v) is 7.02. The molecule has 0 amide bonds. The fourth-order valence-corrected chi connectivity index (χ4v) is 2.75. The van der Waals surface area contributed by atoms with Crippen molar-refractivity contribution in [2.45, 2.75) is 45.2 Å². The van der Waals surface area contributed by atoms with E-state index in [1.807, 2.05) is 13.8 Å².